The quantitative estimate of drug-likeness (QED) is 0.838. The number of rotatable bonds is 4. The minimum absolute atomic E-state index is 0.276. The summed E-state index contributed by atoms with van der Waals surface area (Å²) in [6.07, 6.45) is -4.34. The molecule has 0 fully saturated rings. The molecule has 1 rings (SSSR count). The Morgan fingerprint density at radius 2 is 2.11 bits per heavy atom. The molecule has 0 spiro atoms. The molecule has 1 aromatic carbocycles. The third-order valence-electron chi connectivity index (χ3n) is 2.15. The summed E-state index contributed by atoms with van der Waals surface area (Å²) >= 11 is 5.73. The average molecular weight is 296 g/mol. The van der Waals surface area contributed by atoms with E-state index >= 15 is 0 Å². The number of hydrogen-bond donors (Lipinski definition) is 2. The molecule has 3 N–H and O–H groups in total. The first-order chi connectivity index (χ1) is 8.67. The van der Waals surface area contributed by atoms with Crippen molar-refractivity contribution in [1.29, 1.82) is 0 Å². The highest BCUT2D eigenvalue weighted by Gasteiger charge is 2.29. The van der Waals surface area contributed by atoms with Gasteiger partial charge in [-0.3, -0.25) is 9.69 Å². The van der Waals surface area contributed by atoms with E-state index in [-0.39, 0.29) is 11.4 Å². The van der Waals surface area contributed by atoms with Gasteiger partial charge in [-0.2, -0.15) is 13.2 Å². The van der Waals surface area contributed by atoms with Crippen molar-refractivity contribution >= 4 is 28.9 Å². The molecule has 0 heterocycles. The normalized spacial score (nSPS) is 11.7. The molecule has 0 aliphatic carbocycles. The van der Waals surface area contributed by atoms with Crippen molar-refractivity contribution in [2.24, 2.45) is 0 Å². The molecule has 0 saturated carbocycles. The van der Waals surface area contributed by atoms with Gasteiger partial charge in [0.15, 0.2) is 0 Å². The summed E-state index contributed by atoms with van der Waals surface area (Å²) in [5.74, 6) is -0.597. The number of benzene rings is 1. The van der Waals surface area contributed by atoms with E-state index in [4.69, 9.17) is 17.3 Å². The highest BCUT2D eigenvalue weighted by Crippen LogP contribution is 2.23. The van der Waals surface area contributed by atoms with Crippen LogP contribution in [0.25, 0.3) is 0 Å². The second kappa shape index (κ2) is 6.12. The zero-order valence-corrected chi connectivity index (χ0v) is 10.8. The van der Waals surface area contributed by atoms with Gasteiger partial charge < -0.3 is 11.1 Å². The van der Waals surface area contributed by atoms with Crippen LogP contribution in [0.1, 0.15) is 0 Å². The summed E-state index contributed by atoms with van der Waals surface area (Å²) in [7, 11) is 1.20. The average Bonchev–Trinajstić information content (AvgIpc) is 2.20. The van der Waals surface area contributed by atoms with Crippen molar-refractivity contribution in [1.82, 2.24) is 4.90 Å². The maximum absolute atomic E-state index is 12.1. The van der Waals surface area contributed by atoms with E-state index in [1.54, 1.807) is 6.07 Å². The number of carbonyl (C=O) groups excluding carboxylic acids is 1. The zero-order chi connectivity index (χ0) is 14.6. The molecule has 8 heteroatoms. The minimum atomic E-state index is -4.34. The van der Waals surface area contributed by atoms with Crippen LogP contribution in [0.4, 0.5) is 24.5 Å². The Labute approximate surface area is 113 Å². The monoisotopic (exact) mass is 295 g/mol. The number of nitrogens with zero attached hydrogens (tertiary/aromatic N) is 1. The van der Waals surface area contributed by atoms with Crippen LogP contribution in [-0.4, -0.2) is 37.1 Å². The van der Waals surface area contributed by atoms with E-state index in [0.29, 0.717) is 5.02 Å². The molecule has 19 heavy (non-hydrogen) atoms. The number of nitrogen functional groups attached to an aromatic ring is 1. The van der Waals surface area contributed by atoms with Gasteiger partial charge in [0.1, 0.15) is 0 Å². The fraction of sp³-hybridized carbons (Fsp3) is 0.364. The first-order valence-electron chi connectivity index (χ1n) is 5.27. The molecule has 1 amide bonds. The number of nitrogens with two attached hydrogens (primary N) is 1. The standard InChI is InChI=1S/C11H13ClF3N3O/c1-18(6-11(13,14)15)5-10(19)17-9-4-7(12)2-3-8(9)16/h2-4H,5-6,16H2,1H3,(H,17,19). The lowest BCUT2D eigenvalue weighted by atomic mass is 10.2. The van der Waals surface area contributed by atoms with Gasteiger partial charge in [-0.25, -0.2) is 0 Å². The Kier molecular flexibility index (Phi) is 5.02. The molecule has 0 atom stereocenters. The number of alkyl halides is 3. The SMILES string of the molecule is CN(CC(=O)Nc1cc(Cl)ccc1N)CC(F)(F)F. The van der Waals surface area contributed by atoms with Gasteiger partial charge in [0.05, 0.1) is 24.5 Å². The van der Waals surface area contributed by atoms with Crippen molar-refractivity contribution in [2.45, 2.75) is 6.18 Å². The zero-order valence-electron chi connectivity index (χ0n) is 10.1. The van der Waals surface area contributed by atoms with Crippen LogP contribution >= 0.6 is 11.6 Å². The lowest BCUT2D eigenvalue weighted by molar-refractivity contribution is -0.145. The minimum Gasteiger partial charge on any atom is -0.397 e. The van der Waals surface area contributed by atoms with Crippen molar-refractivity contribution in [3.05, 3.63) is 23.2 Å². The van der Waals surface area contributed by atoms with Crippen LogP contribution in [0.2, 0.25) is 5.02 Å². The van der Waals surface area contributed by atoms with Gasteiger partial charge >= 0.3 is 6.18 Å². The second-order valence-electron chi connectivity index (χ2n) is 4.07. The van der Waals surface area contributed by atoms with Gasteiger partial charge in [0.2, 0.25) is 5.91 Å². The third kappa shape index (κ3) is 5.80. The highest BCUT2D eigenvalue weighted by atomic mass is 35.5. The van der Waals surface area contributed by atoms with E-state index in [1.807, 2.05) is 0 Å². The Bertz CT molecular complexity index is 465. The van der Waals surface area contributed by atoms with Crippen LogP contribution in [0.3, 0.4) is 0 Å². The summed E-state index contributed by atoms with van der Waals surface area (Å²) in [6.45, 7) is -1.56. The number of halogens is 4. The lowest BCUT2D eigenvalue weighted by Crippen LogP contribution is -2.36. The fourth-order valence-electron chi connectivity index (χ4n) is 1.43. The first-order valence-corrected chi connectivity index (χ1v) is 5.65. The number of nitrogens with one attached hydrogen (secondary N) is 1. The van der Waals surface area contributed by atoms with Crippen molar-refractivity contribution in [3.63, 3.8) is 0 Å². The van der Waals surface area contributed by atoms with Crippen LogP contribution in [0.15, 0.2) is 18.2 Å². The van der Waals surface area contributed by atoms with Gasteiger partial charge in [-0.15, -0.1) is 0 Å². The van der Waals surface area contributed by atoms with E-state index in [0.717, 1.165) is 4.90 Å². The maximum atomic E-state index is 12.1. The Morgan fingerprint density at radius 1 is 1.47 bits per heavy atom. The molecule has 4 nitrogen and oxygen atoms in total. The fourth-order valence-corrected chi connectivity index (χ4v) is 1.61. The van der Waals surface area contributed by atoms with Crippen molar-refractivity contribution < 1.29 is 18.0 Å². The van der Waals surface area contributed by atoms with Gasteiger partial charge in [0, 0.05) is 5.02 Å². The molecular weight excluding hydrogens is 283 g/mol. The second-order valence-corrected chi connectivity index (χ2v) is 4.50. The summed E-state index contributed by atoms with van der Waals surface area (Å²) in [4.78, 5) is 12.4. The summed E-state index contributed by atoms with van der Waals surface area (Å²) in [6, 6.07) is 4.47. The van der Waals surface area contributed by atoms with Gasteiger partial charge in [0.25, 0.3) is 0 Å². The van der Waals surface area contributed by atoms with Crippen LogP contribution in [0.5, 0.6) is 0 Å². The predicted molar refractivity (Wildman–Crippen MR) is 68.0 cm³/mol. The Balaban J connectivity index is 2.58. The molecule has 1 aromatic rings. The number of amides is 1. The molecule has 0 unspecified atom stereocenters. The first kappa shape index (κ1) is 15.6. The molecule has 0 radical (unpaired) electrons. The molecule has 106 valence electrons. The van der Waals surface area contributed by atoms with E-state index < -0.39 is 25.2 Å². The number of anilines is 2. The molecular formula is C11H13ClF3N3O. The number of carbonyl (C=O) groups is 1. The smallest absolute Gasteiger partial charge is 0.397 e. The lowest BCUT2D eigenvalue weighted by Gasteiger charge is -2.18. The van der Waals surface area contributed by atoms with E-state index in [1.165, 1.54) is 19.2 Å². The topological polar surface area (TPSA) is 58.4 Å². The van der Waals surface area contributed by atoms with Gasteiger partial charge in [-0.1, -0.05) is 11.6 Å². The van der Waals surface area contributed by atoms with Crippen molar-refractivity contribution in [2.75, 3.05) is 31.2 Å². The largest absolute Gasteiger partial charge is 0.401 e. The summed E-state index contributed by atoms with van der Waals surface area (Å²) < 4.78 is 36.3. The van der Waals surface area contributed by atoms with Crippen LogP contribution < -0.4 is 11.1 Å². The summed E-state index contributed by atoms with van der Waals surface area (Å²) in [5.41, 5.74) is 6.17. The van der Waals surface area contributed by atoms with Crippen LogP contribution in [-0.2, 0) is 4.79 Å². The van der Waals surface area contributed by atoms with E-state index in [2.05, 4.69) is 5.32 Å². The molecule has 0 bridgehead atoms. The molecule has 0 aromatic heterocycles. The Morgan fingerprint density at radius 3 is 2.68 bits per heavy atom. The number of hydrogen-bond acceptors (Lipinski definition) is 3. The third-order valence-corrected chi connectivity index (χ3v) is 2.39. The van der Waals surface area contributed by atoms with E-state index in [9.17, 15) is 18.0 Å². The summed E-state index contributed by atoms with van der Waals surface area (Å²) in [5, 5.41) is 2.78. The predicted octanol–water partition coefficient (Wildman–Crippen LogP) is 2.35. The van der Waals surface area contributed by atoms with Crippen LogP contribution in [0, 0.1) is 0 Å². The number of likely N-dealkylation sites (N-methyl/N-ethyl adjacent to an activating group) is 1. The Hall–Kier alpha value is -1.47. The maximum Gasteiger partial charge on any atom is 0.401 e. The molecule has 0 aliphatic heterocycles. The molecule has 0 saturated heterocycles. The van der Waals surface area contributed by atoms with Crippen molar-refractivity contribution in [3.8, 4) is 0 Å². The molecule has 0 aliphatic rings. The van der Waals surface area contributed by atoms with Gasteiger partial charge in [-0.05, 0) is 25.2 Å². The highest BCUT2D eigenvalue weighted by molar-refractivity contribution is 6.31.